The molecule has 0 bridgehead atoms. The van der Waals surface area contributed by atoms with Gasteiger partial charge in [0.05, 0.1) is 9.40 Å². The zero-order valence-electron chi connectivity index (χ0n) is 7.62. The lowest BCUT2D eigenvalue weighted by atomic mass is 10.0. The Morgan fingerprint density at radius 2 is 2.20 bits per heavy atom. The zero-order chi connectivity index (χ0) is 11.0. The minimum atomic E-state index is -0.508. The zero-order valence-corrected chi connectivity index (χ0v) is 9.20. The van der Waals surface area contributed by atoms with Crippen molar-refractivity contribution in [3.8, 4) is 0 Å². The summed E-state index contributed by atoms with van der Waals surface area (Å²) in [6, 6.07) is 2.89. The van der Waals surface area contributed by atoms with Crippen LogP contribution in [0.2, 0.25) is 0 Å². The molecule has 1 N–H and O–H groups in total. The van der Waals surface area contributed by atoms with Crippen LogP contribution in [0, 0.1) is 10.1 Å². The maximum Gasteiger partial charge on any atom is 0.284 e. The summed E-state index contributed by atoms with van der Waals surface area (Å²) in [7, 11) is 0. The number of anilines is 1. The van der Waals surface area contributed by atoms with Gasteiger partial charge in [-0.3, -0.25) is 14.9 Å². The average molecular weight is 271 g/mol. The SMILES string of the molecule is O=C1CCNc2cc(Br)c([N+](=O)[O-])cc21. The van der Waals surface area contributed by atoms with Crippen molar-refractivity contribution in [1.82, 2.24) is 0 Å². The predicted octanol–water partition coefficient (Wildman–Crippen LogP) is 2.36. The Morgan fingerprint density at radius 3 is 2.87 bits per heavy atom. The second kappa shape index (κ2) is 3.62. The summed E-state index contributed by atoms with van der Waals surface area (Å²) in [6.45, 7) is 0.579. The van der Waals surface area contributed by atoms with E-state index in [9.17, 15) is 14.9 Å². The van der Waals surface area contributed by atoms with Gasteiger partial charge in [0, 0.05) is 30.3 Å². The van der Waals surface area contributed by atoms with Gasteiger partial charge in [-0.05, 0) is 22.0 Å². The van der Waals surface area contributed by atoms with Gasteiger partial charge in [0.15, 0.2) is 5.78 Å². The fraction of sp³-hybridized carbons (Fsp3) is 0.222. The van der Waals surface area contributed by atoms with Crippen LogP contribution in [0.25, 0.3) is 0 Å². The second-order valence-electron chi connectivity index (χ2n) is 3.21. The molecule has 1 aromatic carbocycles. The van der Waals surface area contributed by atoms with Crippen molar-refractivity contribution in [2.75, 3.05) is 11.9 Å². The van der Waals surface area contributed by atoms with Crippen LogP contribution in [0.15, 0.2) is 16.6 Å². The smallest absolute Gasteiger partial charge is 0.284 e. The molecule has 0 fully saturated rings. The summed E-state index contributed by atoms with van der Waals surface area (Å²) in [6.07, 6.45) is 0.381. The van der Waals surface area contributed by atoms with Crippen LogP contribution in [0.5, 0.6) is 0 Å². The molecule has 6 heteroatoms. The lowest BCUT2D eigenvalue weighted by molar-refractivity contribution is -0.385. The molecule has 0 radical (unpaired) electrons. The molecule has 0 saturated carbocycles. The highest BCUT2D eigenvalue weighted by Crippen LogP contribution is 2.33. The van der Waals surface area contributed by atoms with E-state index in [1.54, 1.807) is 6.07 Å². The standard InChI is InChI=1S/C9H7BrN2O3/c10-6-4-7-5(3-8(6)12(14)15)9(13)1-2-11-7/h3-4,11H,1-2H2. The molecular formula is C9H7BrN2O3. The van der Waals surface area contributed by atoms with E-state index in [1.165, 1.54) is 6.07 Å². The number of nitrogens with one attached hydrogen (secondary N) is 1. The number of hydrogen-bond acceptors (Lipinski definition) is 4. The van der Waals surface area contributed by atoms with Crippen molar-refractivity contribution in [3.63, 3.8) is 0 Å². The van der Waals surface area contributed by atoms with Crippen LogP contribution in [-0.2, 0) is 0 Å². The van der Waals surface area contributed by atoms with Crippen LogP contribution >= 0.6 is 15.9 Å². The van der Waals surface area contributed by atoms with Gasteiger partial charge in [-0.1, -0.05) is 0 Å². The monoisotopic (exact) mass is 270 g/mol. The number of carbonyl (C=O) groups excluding carboxylic acids is 1. The van der Waals surface area contributed by atoms with Crippen molar-refractivity contribution < 1.29 is 9.72 Å². The first kappa shape index (κ1) is 10.1. The molecule has 1 aliphatic heterocycles. The number of carbonyl (C=O) groups is 1. The molecule has 0 saturated heterocycles. The summed E-state index contributed by atoms with van der Waals surface area (Å²) < 4.78 is 0.383. The third-order valence-corrected chi connectivity index (χ3v) is 2.89. The summed E-state index contributed by atoms with van der Waals surface area (Å²) in [5.41, 5.74) is 0.977. The van der Waals surface area contributed by atoms with Crippen LogP contribution in [0.3, 0.4) is 0 Å². The molecule has 78 valence electrons. The molecule has 2 rings (SSSR count). The van der Waals surface area contributed by atoms with Gasteiger partial charge < -0.3 is 5.32 Å². The topological polar surface area (TPSA) is 72.2 Å². The van der Waals surface area contributed by atoms with E-state index in [1.807, 2.05) is 0 Å². The average Bonchev–Trinajstić information content (AvgIpc) is 2.16. The van der Waals surface area contributed by atoms with Gasteiger partial charge in [0.2, 0.25) is 0 Å². The Hall–Kier alpha value is -1.43. The first-order chi connectivity index (χ1) is 7.09. The highest BCUT2D eigenvalue weighted by Gasteiger charge is 2.22. The fourth-order valence-corrected chi connectivity index (χ4v) is 2.01. The largest absolute Gasteiger partial charge is 0.384 e. The van der Waals surface area contributed by atoms with Crippen LogP contribution in [-0.4, -0.2) is 17.3 Å². The third-order valence-electron chi connectivity index (χ3n) is 2.25. The highest BCUT2D eigenvalue weighted by molar-refractivity contribution is 9.10. The van der Waals surface area contributed by atoms with Crippen LogP contribution < -0.4 is 5.32 Å². The number of fused-ring (bicyclic) bond motifs is 1. The molecule has 1 aliphatic rings. The quantitative estimate of drug-likeness (QED) is 0.628. The highest BCUT2D eigenvalue weighted by atomic mass is 79.9. The maximum absolute atomic E-state index is 11.5. The Kier molecular flexibility index (Phi) is 2.44. The number of halogens is 1. The first-order valence-electron chi connectivity index (χ1n) is 4.34. The van der Waals surface area contributed by atoms with E-state index in [0.29, 0.717) is 28.7 Å². The fourth-order valence-electron chi connectivity index (χ4n) is 1.52. The summed E-state index contributed by atoms with van der Waals surface area (Å²) in [5.74, 6) is -0.0562. The van der Waals surface area contributed by atoms with Crippen molar-refractivity contribution >= 4 is 33.1 Å². The molecule has 0 aliphatic carbocycles. The van der Waals surface area contributed by atoms with Gasteiger partial charge in [-0.2, -0.15) is 0 Å². The van der Waals surface area contributed by atoms with E-state index in [0.717, 1.165) is 0 Å². The lowest BCUT2D eigenvalue weighted by Crippen LogP contribution is -2.18. The molecule has 5 nitrogen and oxygen atoms in total. The van der Waals surface area contributed by atoms with E-state index >= 15 is 0 Å². The number of Topliss-reactive ketones (excluding diaryl/α,β-unsaturated/α-hetero) is 1. The number of benzene rings is 1. The van der Waals surface area contributed by atoms with E-state index in [-0.39, 0.29) is 11.5 Å². The number of nitro groups is 1. The summed E-state index contributed by atoms with van der Waals surface area (Å²) in [4.78, 5) is 21.6. The van der Waals surface area contributed by atoms with Gasteiger partial charge >= 0.3 is 0 Å². The van der Waals surface area contributed by atoms with Crippen LogP contribution in [0.4, 0.5) is 11.4 Å². The first-order valence-corrected chi connectivity index (χ1v) is 5.14. The van der Waals surface area contributed by atoms with Gasteiger partial charge in [-0.15, -0.1) is 0 Å². The van der Waals surface area contributed by atoms with Crippen molar-refractivity contribution in [2.45, 2.75) is 6.42 Å². The number of ketones is 1. The number of nitrogens with zero attached hydrogens (tertiary/aromatic N) is 1. The molecule has 1 heterocycles. The lowest BCUT2D eigenvalue weighted by Gasteiger charge is -2.16. The second-order valence-corrected chi connectivity index (χ2v) is 4.06. The molecule has 0 unspecified atom stereocenters. The molecular weight excluding hydrogens is 264 g/mol. The van der Waals surface area contributed by atoms with E-state index in [2.05, 4.69) is 21.2 Å². The Balaban J connectivity index is 2.60. The third kappa shape index (κ3) is 1.72. The molecule has 15 heavy (non-hydrogen) atoms. The summed E-state index contributed by atoms with van der Waals surface area (Å²) >= 11 is 3.10. The van der Waals surface area contributed by atoms with Crippen LogP contribution in [0.1, 0.15) is 16.8 Å². The van der Waals surface area contributed by atoms with Crippen molar-refractivity contribution in [3.05, 3.63) is 32.3 Å². The number of nitro benzene ring substituents is 1. The minimum Gasteiger partial charge on any atom is -0.384 e. The van der Waals surface area contributed by atoms with Gasteiger partial charge in [-0.25, -0.2) is 0 Å². The maximum atomic E-state index is 11.5. The predicted molar refractivity (Wildman–Crippen MR) is 58.2 cm³/mol. The normalized spacial score (nSPS) is 14.3. The minimum absolute atomic E-state index is 0.0562. The molecule has 0 atom stereocenters. The Morgan fingerprint density at radius 1 is 1.47 bits per heavy atom. The van der Waals surface area contributed by atoms with Crippen molar-refractivity contribution in [2.24, 2.45) is 0 Å². The Labute approximate surface area is 93.8 Å². The van der Waals surface area contributed by atoms with Crippen molar-refractivity contribution in [1.29, 1.82) is 0 Å². The van der Waals surface area contributed by atoms with E-state index < -0.39 is 4.92 Å². The summed E-state index contributed by atoms with van der Waals surface area (Å²) in [5, 5.41) is 13.7. The molecule has 0 aromatic heterocycles. The van der Waals surface area contributed by atoms with E-state index in [4.69, 9.17) is 0 Å². The molecule has 0 amide bonds. The number of hydrogen-bond donors (Lipinski definition) is 1. The molecule has 1 aromatic rings. The van der Waals surface area contributed by atoms with Gasteiger partial charge in [0.1, 0.15) is 0 Å². The Bertz CT molecular complexity index is 459. The number of rotatable bonds is 1. The molecule has 0 spiro atoms. The van der Waals surface area contributed by atoms with Gasteiger partial charge in [0.25, 0.3) is 5.69 Å².